The summed E-state index contributed by atoms with van der Waals surface area (Å²) < 4.78 is 58.1. The van der Waals surface area contributed by atoms with E-state index >= 15 is 0 Å². The molecule has 0 saturated heterocycles. The van der Waals surface area contributed by atoms with Gasteiger partial charge in [0.25, 0.3) is 5.13 Å². The van der Waals surface area contributed by atoms with E-state index < -0.39 is 18.2 Å². The minimum atomic E-state index is -5.36. The van der Waals surface area contributed by atoms with Crippen molar-refractivity contribution < 1.29 is 20.3 Å². The molecule has 0 rings (SSSR count). The molecule has 0 fully saturated rings. The van der Waals surface area contributed by atoms with Crippen LogP contribution < -0.4 is 0 Å². The predicted octanol–water partition coefficient (Wildman–Crippen LogP) is 2.47. The summed E-state index contributed by atoms with van der Waals surface area (Å²) >= 11 is 4.18. The van der Waals surface area contributed by atoms with Crippen LogP contribution in [0.15, 0.2) is 0 Å². The first-order valence-corrected chi connectivity index (χ1v) is 1.86. The monoisotopic (exact) mass is 152 g/mol. The van der Waals surface area contributed by atoms with Gasteiger partial charge in [0, 0.05) is 2.74 Å². The highest BCUT2D eigenvalue weighted by molar-refractivity contribution is 6.23. The van der Waals surface area contributed by atoms with E-state index in [-0.39, 0.29) is 0 Å². The van der Waals surface area contributed by atoms with Gasteiger partial charge in [-0.3, -0.25) is 0 Å². The maximum atomic E-state index is 12.0. The van der Waals surface area contributed by atoms with Gasteiger partial charge in [-0.2, -0.15) is 13.2 Å². The van der Waals surface area contributed by atoms with Crippen molar-refractivity contribution in [2.24, 2.45) is 0 Å². The van der Waals surface area contributed by atoms with Crippen LogP contribution in [0.4, 0.5) is 17.6 Å². The number of alkyl halides is 5. The minimum Gasteiger partial charge on any atom is -0.216 e. The van der Waals surface area contributed by atoms with Crippen LogP contribution in [0.1, 0.15) is 9.62 Å². The Balaban J connectivity index is 4.40. The largest absolute Gasteiger partial charge is 0.436 e. The third kappa shape index (κ3) is 1.86. The molecule has 0 radical (unpaired) electrons. The lowest BCUT2D eigenvalue weighted by atomic mass is 10.4. The molecule has 0 aliphatic heterocycles. The Kier molecular flexibility index (Phi) is 1.06. The van der Waals surface area contributed by atoms with Crippen LogP contribution >= 0.6 is 11.6 Å². The Labute approximate surface area is 51.2 Å². The fourth-order valence-corrected chi connectivity index (χ4v) is 0. The van der Waals surface area contributed by atoms with Crippen molar-refractivity contribution >= 4 is 11.6 Å². The van der Waals surface area contributed by atoms with Gasteiger partial charge in [-0.25, -0.2) is 4.39 Å². The number of hydrogen-bond donors (Lipinski definition) is 0. The van der Waals surface area contributed by atoms with E-state index in [1.165, 1.54) is 0 Å². The molecule has 0 aliphatic carbocycles. The highest BCUT2D eigenvalue weighted by atomic mass is 35.5. The topological polar surface area (TPSA) is 0 Å². The van der Waals surface area contributed by atoms with Crippen molar-refractivity contribution in [1.82, 2.24) is 0 Å². The summed E-state index contributed by atoms with van der Waals surface area (Å²) in [4.78, 5) is 0. The standard InChI is InChI=1S/C3H3ClF4/c1-2(4,5)3(6,7)8/h1H3/i1D2. The second kappa shape index (κ2) is 1.76. The van der Waals surface area contributed by atoms with Crippen LogP contribution in [0.3, 0.4) is 0 Å². The van der Waals surface area contributed by atoms with Crippen LogP contribution in [0, 0.1) is 0 Å². The average Bonchev–Trinajstić information content (AvgIpc) is 1.62. The molecule has 0 aromatic rings. The minimum absolute atomic E-state index is 2.77. The van der Waals surface area contributed by atoms with Gasteiger partial charge in [0.05, 0.1) is 0 Å². The van der Waals surface area contributed by atoms with E-state index in [0.717, 1.165) is 0 Å². The summed E-state index contributed by atoms with van der Waals surface area (Å²) in [6, 6.07) is 0. The van der Waals surface area contributed by atoms with Crippen molar-refractivity contribution in [2.75, 3.05) is 0 Å². The maximum absolute atomic E-state index is 12.0. The van der Waals surface area contributed by atoms with Crippen molar-refractivity contribution in [3.63, 3.8) is 0 Å². The third-order valence-corrected chi connectivity index (χ3v) is 0.592. The summed E-state index contributed by atoms with van der Waals surface area (Å²) in [5, 5.41) is -4.26. The Hall–Kier alpha value is 0.01000. The van der Waals surface area contributed by atoms with Crippen molar-refractivity contribution in [3.05, 3.63) is 0 Å². The van der Waals surface area contributed by atoms with E-state index in [1.54, 1.807) is 0 Å². The highest BCUT2D eigenvalue weighted by Gasteiger charge is 2.50. The molecule has 0 amide bonds. The Bertz CT molecular complexity index is 120. The Morgan fingerprint density at radius 3 is 1.75 bits per heavy atom. The van der Waals surface area contributed by atoms with Gasteiger partial charge in [-0.05, 0) is 6.88 Å². The normalized spacial score (nSPS) is 24.2. The van der Waals surface area contributed by atoms with Crippen LogP contribution in [0.5, 0.6) is 0 Å². The molecule has 0 heterocycles. The number of hydrogen-bond acceptors (Lipinski definition) is 0. The van der Waals surface area contributed by atoms with E-state index in [2.05, 4.69) is 11.6 Å². The van der Waals surface area contributed by atoms with Crippen LogP contribution in [-0.4, -0.2) is 11.3 Å². The number of halogens is 5. The summed E-state index contributed by atoms with van der Waals surface area (Å²) in [5.74, 6) is 0. The molecule has 1 unspecified atom stereocenters. The summed E-state index contributed by atoms with van der Waals surface area (Å²) in [6.07, 6.45) is -5.36. The fourth-order valence-electron chi connectivity index (χ4n) is 0. The van der Waals surface area contributed by atoms with Crippen LogP contribution in [0.2, 0.25) is 0 Å². The van der Waals surface area contributed by atoms with Gasteiger partial charge in [0.15, 0.2) is 0 Å². The molecule has 0 aromatic heterocycles. The lowest BCUT2D eigenvalue weighted by Gasteiger charge is -2.14. The fraction of sp³-hybridized carbons (Fsp3) is 1.00. The lowest BCUT2D eigenvalue weighted by Crippen LogP contribution is -2.31. The Morgan fingerprint density at radius 2 is 1.75 bits per heavy atom. The van der Waals surface area contributed by atoms with Gasteiger partial charge < -0.3 is 0 Å². The highest BCUT2D eigenvalue weighted by Crippen LogP contribution is 2.36. The average molecular weight is 153 g/mol. The molecule has 1 atom stereocenters. The molecule has 50 valence electrons. The predicted molar refractivity (Wildman–Crippen MR) is 21.4 cm³/mol. The Morgan fingerprint density at radius 1 is 1.38 bits per heavy atom. The maximum Gasteiger partial charge on any atom is 0.436 e. The van der Waals surface area contributed by atoms with Gasteiger partial charge in [-0.1, -0.05) is 11.6 Å². The van der Waals surface area contributed by atoms with E-state index in [1.807, 2.05) is 0 Å². The molecule has 0 bridgehead atoms. The van der Waals surface area contributed by atoms with Crippen molar-refractivity contribution in [1.29, 1.82) is 0 Å². The molecule has 8 heavy (non-hydrogen) atoms. The molecule has 0 nitrogen and oxygen atoms in total. The SMILES string of the molecule is [2H]C([2H])C(F)(Cl)C(F)(F)F. The van der Waals surface area contributed by atoms with Crippen molar-refractivity contribution in [2.45, 2.75) is 18.2 Å². The smallest absolute Gasteiger partial charge is 0.216 e. The zero-order chi connectivity index (χ0) is 8.58. The van der Waals surface area contributed by atoms with Gasteiger partial charge >= 0.3 is 6.18 Å². The number of rotatable bonds is 0. The summed E-state index contributed by atoms with van der Waals surface area (Å²) in [6.45, 7) is -2.77. The second-order valence-corrected chi connectivity index (χ2v) is 1.67. The zero-order valence-electron chi connectivity index (χ0n) is 5.47. The first-order valence-electron chi connectivity index (χ1n) is 2.64. The summed E-state index contributed by atoms with van der Waals surface area (Å²) in [7, 11) is 0. The molecular weight excluding hydrogens is 147 g/mol. The summed E-state index contributed by atoms with van der Waals surface area (Å²) in [5.41, 5.74) is 0. The van der Waals surface area contributed by atoms with Crippen LogP contribution in [0.25, 0.3) is 0 Å². The van der Waals surface area contributed by atoms with E-state index in [0.29, 0.717) is 0 Å². The molecule has 0 aliphatic rings. The van der Waals surface area contributed by atoms with Crippen molar-refractivity contribution in [3.8, 4) is 0 Å². The zero-order valence-corrected chi connectivity index (χ0v) is 4.22. The first kappa shape index (κ1) is 4.85. The second-order valence-electron chi connectivity index (χ2n) is 1.12. The molecule has 0 N–H and O–H groups in total. The molecule has 5 heteroatoms. The van der Waals surface area contributed by atoms with Gasteiger partial charge in [0.2, 0.25) is 0 Å². The third-order valence-electron chi connectivity index (χ3n) is 0.378. The van der Waals surface area contributed by atoms with E-state index in [4.69, 9.17) is 2.74 Å². The molecule has 0 spiro atoms. The molecular formula is C3H3ClF4. The quantitative estimate of drug-likeness (QED) is 0.370. The van der Waals surface area contributed by atoms with Gasteiger partial charge in [0.1, 0.15) is 0 Å². The van der Waals surface area contributed by atoms with Crippen LogP contribution in [-0.2, 0) is 0 Å². The van der Waals surface area contributed by atoms with Gasteiger partial charge in [-0.15, -0.1) is 0 Å². The molecule has 0 aromatic carbocycles. The van der Waals surface area contributed by atoms with E-state index in [9.17, 15) is 17.6 Å². The first-order chi connectivity index (χ1) is 4.19. The lowest BCUT2D eigenvalue weighted by molar-refractivity contribution is -0.192. The molecule has 0 saturated carbocycles.